The second kappa shape index (κ2) is 7.21. The number of benzene rings is 1. The minimum Gasteiger partial charge on any atom is -0.507 e. The number of phenolic OH excluding ortho intramolecular Hbond substituents is 1. The van der Waals surface area contributed by atoms with Gasteiger partial charge in [0, 0.05) is 28.0 Å². The molecule has 1 aliphatic rings. The molecule has 0 atom stereocenters. The maximum absolute atomic E-state index is 10.9. The number of aromatic nitrogens is 1. The van der Waals surface area contributed by atoms with E-state index in [2.05, 4.69) is 71.0 Å². The van der Waals surface area contributed by atoms with Crippen molar-refractivity contribution in [3.8, 4) is 17.0 Å². The Labute approximate surface area is 168 Å². The lowest BCUT2D eigenvalue weighted by Crippen LogP contribution is -2.29. The fourth-order valence-electron chi connectivity index (χ4n) is 3.79. The third-order valence-electron chi connectivity index (χ3n) is 5.61. The standard InChI is InChI=1S/C23H34N2OS/c1-22(2,3)17-12-16(13-18(20(17)26)23(4,5)6)19-14-27-21(24-19)15-8-10-25(7)11-9-15/h12-15,26H,8-11H2,1-7H3. The highest BCUT2D eigenvalue weighted by Crippen LogP contribution is 2.42. The van der Waals surface area contributed by atoms with Gasteiger partial charge in [0.15, 0.2) is 0 Å². The highest BCUT2D eigenvalue weighted by Gasteiger charge is 2.28. The Balaban J connectivity index is 2.02. The van der Waals surface area contributed by atoms with Crippen LogP contribution < -0.4 is 0 Å². The van der Waals surface area contributed by atoms with Crippen LogP contribution in [0.5, 0.6) is 5.75 Å². The normalized spacial score (nSPS) is 17.4. The van der Waals surface area contributed by atoms with Crippen molar-refractivity contribution >= 4 is 11.3 Å². The zero-order valence-corrected chi connectivity index (χ0v) is 18.7. The molecular formula is C23H34N2OS. The minimum atomic E-state index is -0.118. The summed E-state index contributed by atoms with van der Waals surface area (Å²) in [7, 11) is 2.20. The van der Waals surface area contributed by atoms with Crippen LogP contribution in [-0.4, -0.2) is 35.1 Å². The zero-order valence-electron chi connectivity index (χ0n) is 17.9. The zero-order chi connectivity index (χ0) is 20.0. The molecule has 27 heavy (non-hydrogen) atoms. The smallest absolute Gasteiger partial charge is 0.123 e. The molecule has 1 aliphatic heterocycles. The van der Waals surface area contributed by atoms with Crippen molar-refractivity contribution in [2.45, 2.75) is 71.1 Å². The number of phenols is 1. The van der Waals surface area contributed by atoms with Gasteiger partial charge in [-0.1, -0.05) is 41.5 Å². The van der Waals surface area contributed by atoms with Gasteiger partial charge in [0.1, 0.15) is 5.75 Å². The van der Waals surface area contributed by atoms with Crippen molar-refractivity contribution in [2.24, 2.45) is 0 Å². The van der Waals surface area contributed by atoms with Crippen LogP contribution in [-0.2, 0) is 10.8 Å². The lowest BCUT2D eigenvalue weighted by atomic mass is 9.78. The van der Waals surface area contributed by atoms with E-state index >= 15 is 0 Å². The fourth-order valence-corrected chi connectivity index (χ4v) is 4.79. The number of aromatic hydroxyl groups is 1. The van der Waals surface area contributed by atoms with E-state index in [9.17, 15) is 5.11 Å². The van der Waals surface area contributed by atoms with E-state index in [4.69, 9.17) is 4.98 Å². The molecular weight excluding hydrogens is 352 g/mol. The molecule has 0 amide bonds. The van der Waals surface area contributed by atoms with Crippen LogP contribution >= 0.6 is 11.3 Å². The van der Waals surface area contributed by atoms with Crippen molar-refractivity contribution in [3.63, 3.8) is 0 Å². The van der Waals surface area contributed by atoms with E-state index in [0.717, 1.165) is 35.5 Å². The molecule has 0 radical (unpaired) electrons. The Morgan fingerprint density at radius 3 is 2.00 bits per heavy atom. The summed E-state index contributed by atoms with van der Waals surface area (Å²) in [5.74, 6) is 1.02. The largest absolute Gasteiger partial charge is 0.507 e. The second-order valence-electron chi connectivity index (χ2n) is 10.1. The lowest BCUT2D eigenvalue weighted by Gasteiger charge is -2.28. The number of piperidine rings is 1. The molecule has 0 unspecified atom stereocenters. The van der Waals surface area contributed by atoms with E-state index in [1.165, 1.54) is 17.8 Å². The average molecular weight is 387 g/mol. The SMILES string of the molecule is CN1CCC(c2nc(-c3cc(C(C)(C)C)c(O)c(C(C)(C)C)c3)cs2)CC1. The van der Waals surface area contributed by atoms with Gasteiger partial charge in [0.25, 0.3) is 0 Å². The van der Waals surface area contributed by atoms with E-state index in [1.54, 1.807) is 11.3 Å². The summed E-state index contributed by atoms with van der Waals surface area (Å²) >= 11 is 1.79. The molecule has 1 aromatic heterocycles. The van der Waals surface area contributed by atoms with Gasteiger partial charge in [0.2, 0.25) is 0 Å². The van der Waals surface area contributed by atoms with Gasteiger partial charge in [-0.15, -0.1) is 11.3 Å². The van der Waals surface area contributed by atoms with Crippen LogP contribution in [0, 0.1) is 0 Å². The van der Waals surface area contributed by atoms with E-state index in [-0.39, 0.29) is 10.8 Å². The summed E-state index contributed by atoms with van der Waals surface area (Å²) in [4.78, 5) is 7.42. The quantitative estimate of drug-likeness (QED) is 0.696. The molecule has 4 heteroatoms. The van der Waals surface area contributed by atoms with Gasteiger partial charge in [-0.25, -0.2) is 4.98 Å². The van der Waals surface area contributed by atoms with Gasteiger partial charge < -0.3 is 10.0 Å². The lowest BCUT2D eigenvalue weighted by molar-refractivity contribution is 0.255. The monoisotopic (exact) mass is 386 g/mol. The number of hydrogen-bond acceptors (Lipinski definition) is 4. The highest BCUT2D eigenvalue weighted by molar-refractivity contribution is 7.10. The Bertz CT molecular complexity index is 768. The first-order chi connectivity index (χ1) is 12.5. The topological polar surface area (TPSA) is 36.4 Å². The first kappa shape index (κ1) is 20.3. The van der Waals surface area contributed by atoms with E-state index in [1.807, 2.05) is 0 Å². The van der Waals surface area contributed by atoms with E-state index in [0.29, 0.717) is 11.7 Å². The maximum Gasteiger partial charge on any atom is 0.123 e. The number of likely N-dealkylation sites (tertiary alicyclic amines) is 1. The van der Waals surface area contributed by atoms with Crippen LogP contribution in [0.1, 0.15) is 76.4 Å². The molecule has 3 nitrogen and oxygen atoms in total. The number of rotatable bonds is 2. The molecule has 1 fully saturated rings. The second-order valence-corrected chi connectivity index (χ2v) is 11.0. The van der Waals surface area contributed by atoms with Crippen LogP contribution in [0.2, 0.25) is 0 Å². The van der Waals surface area contributed by atoms with Crippen LogP contribution in [0.3, 0.4) is 0 Å². The summed E-state index contributed by atoms with van der Waals surface area (Å²) < 4.78 is 0. The van der Waals surface area contributed by atoms with Gasteiger partial charge in [-0.05, 0) is 55.9 Å². The fraction of sp³-hybridized carbons (Fsp3) is 0.609. The molecule has 148 valence electrons. The van der Waals surface area contributed by atoms with Crippen LogP contribution in [0.4, 0.5) is 0 Å². The molecule has 1 aromatic carbocycles. The number of hydrogen-bond donors (Lipinski definition) is 1. The summed E-state index contributed by atoms with van der Waals surface area (Å²) in [6.45, 7) is 15.2. The first-order valence-corrected chi connectivity index (χ1v) is 10.9. The Hall–Kier alpha value is -1.39. The van der Waals surface area contributed by atoms with Crippen LogP contribution in [0.15, 0.2) is 17.5 Å². The van der Waals surface area contributed by atoms with Crippen molar-refractivity contribution < 1.29 is 5.11 Å². The molecule has 0 bridgehead atoms. The summed E-state index contributed by atoms with van der Waals surface area (Å²) in [5, 5.41) is 14.4. The van der Waals surface area contributed by atoms with Crippen molar-refractivity contribution in [1.29, 1.82) is 0 Å². The maximum atomic E-state index is 10.9. The Morgan fingerprint density at radius 1 is 1.00 bits per heavy atom. The minimum absolute atomic E-state index is 0.118. The summed E-state index contributed by atoms with van der Waals surface area (Å²) in [5.41, 5.74) is 3.93. The average Bonchev–Trinajstić information content (AvgIpc) is 3.03. The predicted octanol–water partition coefficient (Wildman–Crippen LogP) is 5.92. The molecule has 2 heterocycles. The Morgan fingerprint density at radius 2 is 1.52 bits per heavy atom. The molecule has 1 saturated heterocycles. The molecule has 1 N–H and O–H groups in total. The molecule has 0 spiro atoms. The summed E-state index contributed by atoms with van der Waals surface area (Å²) in [6.07, 6.45) is 2.39. The number of thiazole rings is 1. The highest BCUT2D eigenvalue weighted by atomic mass is 32.1. The Kier molecular flexibility index (Phi) is 5.44. The van der Waals surface area contributed by atoms with E-state index < -0.39 is 0 Å². The molecule has 0 aliphatic carbocycles. The third-order valence-corrected chi connectivity index (χ3v) is 6.62. The van der Waals surface area contributed by atoms with Crippen molar-refractivity contribution in [2.75, 3.05) is 20.1 Å². The molecule has 2 aromatic rings. The molecule has 0 saturated carbocycles. The van der Waals surface area contributed by atoms with Crippen molar-refractivity contribution in [1.82, 2.24) is 9.88 Å². The van der Waals surface area contributed by atoms with Crippen LogP contribution in [0.25, 0.3) is 11.3 Å². The predicted molar refractivity (Wildman–Crippen MR) is 116 cm³/mol. The van der Waals surface area contributed by atoms with Gasteiger partial charge in [-0.3, -0.25) is 0 Å². The first-order valence-electron chi connectivity index (χ1n) is 9.99. The van der Waals surface area contributed by atoms with Gasteiger partial charge in [-0.2, -0.15) is 0 Å². The molecule has 3 rings (SSSR count). The van der Waals surface area contributed by atoms with Gasteiger partial charge in [0.05, 0.1) is 10.7 Å². The van der Waals surface area contributed by atoms with Crippen molar-refractivity contribution in [3.05, 3.63) is 33.6 Å². The summed E-state index contributed by atoms with van der Waals surface area (Å²) in [6, 6.07) is 4.27. The number of nitrogens with zero attached hydrogens (tertiary/aromatic N) is 2. The third kappa shape index (κ3) is 4.38. The van der Waals surface area contributed by atoms with Gasteiger partial charge >= 0.3 is 0 Å².